The second-order valence-corrected chi connectivity index (χ2v) is 3.72. The average molecular weight is 175 g/mol. The van der Waals surface area contributed by atoms with E-state index < -0.39 is 0 Å². The van der Waals surface area contributed by atoms with E-state index >= 15 is 0 Å². The zero-order valence-electron chi connectivity index (χ0n) is 8.13. The van der Waals surface area contributed by atoms with Crippen molar-refractivity contribution in [1.82, 2.24) is 10.3 Å². The van der Waals surface area contributed by atoms with Gasteiger partial charge in [0.2, 0.25) is 0 Å². The lowest BCUT2D eigenvalue weighted by Gasteiger charge is -2.18. The molecule has 0 radical (unpaired) electrons. The molecular formula is C10H13N3. The molecule has 0 aliphatic carbocycles. The van der Waals surface area contributed by atoms with Crippen molar-refractivity contribution in [2.45, 2.75) is 19.4 Å². The normalized spacial score (nSPS) is 21.3. The van der Waals surface area contributed by atoms with Crippen molar-refractivity contribution in [3.8, 4) is 0 Å². The molecule has 0 atom stereocenters. The molecule has 1 N–H and O–H groups in total. The van der Waals surface area contributed by atoms with Crippen molar-refractivity contribution < 1.29 is 0 Å². The Bertz CT molecular complexity index is 366. The van der Waals surface area contributed by atoms with Crippen LogP contribution >= 0.6 is 0 Å². The fourth-order valence-corrected chi connectivity index (χ4v) is 1.68. The van der Waals surface area contributed by atoms with Gasteiger partial charge in [-0.2, -0.15) is 0 Å². The Morgan fingerprint density at radius 2 is 2.23 bits per heavy atom. The molecule has 1 aromatic heterocycles. The van der Waals surface area contributed by atoms with Gasteiger partial charge in [0.05, 0.1) is 5.54 Å². The standard InChI is InChI=1S/C10H13N3/c1-10(2)7-5-4-6-12-8(7)9(11-3)13-10/h4-6H,1-3H3,(H,11,13). The first-order valence-electron chi connectivity index (χ1n) is 4.36. The first-order chi connectivity index (χ1) is 6.15. The number of aliphatic imine (C=N–C) groups is 1. The fourth-order valence-electron chi connectivity index (χ4n) is 1.68. The molecule has 68 valence electrons. The summed E-state index contributed by atoms with van der Waals surface area (Å²) in [5.41, 5.74) is 2.16. The maximum Gasteiger partial charge on any atom is 0.148 e. The van der Waals surface area contributed by atoms with Gasteiger partial charge in [0, 0.05) is 18.8 Å². The first kappa shape index (κ1) is 8.23. The Morgan fingerprint density at radius 1 is 1.46 bits per heavy atom. The van der Waals surface area contributed by atoms with Crippen molar-refractivity contribution in [2.75, 3.05) is 7.05 Å². The third-order valence-electron chi connectivity index (χ3n) is 2.36. The van der Waals surface area contributed by atoms with E-state index in [9.17, 15) is 0 Å². The molecule has 0 unspecified atom stereocenters. The number of pyridine rings is 1. The lowest BCUT2D eigenvalue weighted by atomic mass is 9.97. The summed E-state index contributed by atoms with van der Waals surface area (Å²) in [6.07, 6.45) is 1.80. The highest BCUT2D eigenvalue weighted by Crippen LogP contribution is 2.28. The SMILES string of the molecule is CN=C1NC(C)(C)c2cccnc21. The van der Waals surface area contributed by atoms with Gasteiger partial charge in [-0.25, -0.2) is 0 Å². The van der Waals surface area contributed by atoms with Crippen LogP contribution in [0.5, 0.6) is 0 Å². The van der Waals surface area contributed by atoms with E-state index in [1.54, 1.807) is 13.2 Å². The Hall–Kier alpha value is -1.38. The summed E-state index contributed by atoms with van der Waals surface area (Å²) >= 11 is 0. The molecule has 2 heterocycles. The van der Waals surface area contributed by atoms with Crippen molar-refractivity contribution >= 4 is 5.84 Å². The van der Waals surface area contributed by atoms with Crippen LogP contribution in [0.15, 0.2) is 23.3 Å². The van der Waals surface area contributed by atoms with Gasteiger partial charge in [0.25, 0.3) is 0 Å². The molecule has 0 bridgehead atoms. The topological polar surface area (TPSA) is 37.3 Å². The molecule has 0 amide bonds. The fraction of sp³-hybridized carbons (Fsp3) is 0.400. The van der Waals surface area contributed by atoms with Gasteiger partial charge in [-0.05, 0) is 19.9 Å². The zero-order chi connectivity index (χ0) is 9.47. The molecule has 1 aromatic rings. The van der Waals surface area contributed by atoms with Gasteiger partial charge in [0.1, 0.15) is 11.5 Å². The second kappa shape index (κ2) is 2.55. The van der Waals surface area contributed by atoms with Gasteiger partial charge >= 0.3 is 0 Å². The number of aromatic nitrogens is 1. The number of fused-ring (bicyclic) bond motifs is 1. The third kappa shape index (κ3) is 1.11. The van der Waals surface area contributed by atoms with Gasteiger partial charge in [0.15, 0.2) is 0 Å². The molecule has 3 heteroatoms. The predicted molar refractivity (Wildman–Crippen MR) is 52.9 cm³/mol. The van der Waals surface area contributed by atoms with Crippen molar-refractivity contribution in [2.24, 2.45) is 4.99 Å². The van der Waals surface area contributed by atoms with Crippen LogP contribution in [0.4, 0.5) is 0 Å². The molecule has 0 spiro atoms. The minimum Gasteiger partial charge on any atom is -0.360 e. The molecule has 1 aliphatic heterocycles. The van der Waals surface area contributed by atoms with Crippen LogP contribution in [0.1, 0.15) is 25.1 Å². The molecule has 13 heavy (non-hydrogen) atoms. The molecular weight excluding hydrogens is 162 g/mol. The van der Waals surface area contributed by atoms with Crippen LogP contribution in [-0.4, -0.2) is 17.9 Å². The molecule has 0 aromatic carbocycles. The number of hydrogen-bond donors (Lipinski definition) is 1. The largest absolute Gasteiger partial charge is 0.360 e. The number of amidine groups is 1. The molecule has 3 nitrogen and oxygen atoms in total. The van der Waals surface area contributed by atoms with Crippen LogP contribution in [0.25, 0.3) is 0 Å². The van der Waals surface area contributed by atoms with Gasteiger partial charge in [-0.1, -0.05) is 6.07 Å². The van der Waals surface area contributed by atoms with E-state index in [1.165, 1.54) is 5.56 Å². The summed E-state index contributed by atoms with van der Waals surface area (Å²) in [7, 11) is 1.78. The predicted octanol–water partition coefficient (Wildman–Crippen LogP) is 1.30. The quantitative estimate of drug-likeness (QED) is 0.645. The smallest absolute Gasteiger partial charge is 0.148 e. The van der Waals surface area contributed by atoms with Crippen molar-refractivity contribution in [3.05, 3.63) is 29.6 Å². The summed E-state index contributed by atoms with van der Waals surface area (Å²) < 4.78 is 0. The van der Waals surface area contributed by atoms with E-state index in [2.05, 4.69) is 35.2 Å². The van der Waals surface area contributed by atoms with E-state index in [0.717, 1.165) is 11.5 Å². The Kier molecular flexibility index (Phi) is 1.62. The van der Waals surface area contributed by atoms with E-state index in [0.29, 0.717) is 0 Å². The number of nitrogens with one attached hydrogen (secondary N) is 1. The minimum absolute atomic E-state index is 0.0432. The third-order valence-corrected chi connectivity index (χ3v) is 2.36. The average Bonchev–Trinajstić information content (AvgIpc) is 2.39. The Balaban J connectivity index is 2.64. The molecule has 1 aliphatic rings. The van der Waals surface area contributed by atoms with Crippen molar-refractivity contribution in [3.63, 3.8) is 0 Å². The number of rotatable bonds is 0. The second-order valence-electron chi connectivity index (χ2n) is 3.72. The number of hydrogen-bond acceptors (Lipinski definition) is 2. The lowest BCUT2D eigenvalue weighted by molar-refractivity contribution is 0.505. The first-order valence-corrected chi connectivity index (χ1v) is 4.36. The summed E-state index contributed by atoms with van der Waals surface area (Å²) in [4.78, 5) is 8.48. The molecule has 2 rings (SSSR count). The zero-order valence-corrected chi connectivity index (χ0v) is 8.13. The highest BCUT2D eigenvalue weighted by atomic mass is 15.1. The number of nitrogens with zero attached hydrogens (tertiary/aromatic N) is 2. The van der Waals surface area contributed by atoms with Crippen LogP contribution < -0.4 is 5.32 Å². The van der Waals surface area contributed by atoms with Gasteiger partial charge in [-0.3, -0.25) is 9.98 Å². The van der Waals surface area contributed by atoms with E-state index in [4.69, 9.17) is 0 Å². The van der Waals surface area contributed by atoms with Gasteiger partial charge in [-0.15, -0.1) is 0 Å². The summed E-state index contributed by atoms with van der Waals surface area (Å²) in [6, 6.07) is 4.05. The highest BCUT2D eigenvalue weighted by Gasteiger charge is 2.33. The highest BCUT2D eigenvalue weighted by molar-refractivity contribution is 6.02. The van der Waals surface area contributed by atoms with Gasteiger partial charge < -0.3 is 5.32 Å². The summed E-state index contributed by atoms with van der Waals surface area (Å²) in [5, 5.41) is 3.33. The lowest BCUT2D eigenvalue weighted by Crippen LogP contribution is -2.33. The molecule has 0 saturated heterocycles. The van der Waals surface area contributed by atoms with E-state index in [-0.39, 0.29) is 5.54 Å². The maximum atomic E-state index is 4.31. The molecule has 0 saturated carbocycles. The van der Waals surface area contributed by atoms with Crippen LogP contribution in [0.3, 0.4) is 0 Å². The summed E-state index contributed by atoms with van der Waals surface area (Å²) in [5.74, 6) is 0.889. The monoisotopic (exact) mass is 175 g/mol. The maximum absolute atomic E-state index is 4.31. The summed E-state index contributed by atoms with van der Waals surface area (Å²) in [6.45, 7) is 4.26. The van der Waals surface area contributed by atoms with E-state index in [1.807, 2.05) is 6.07 Å². The van der Waals surface area contributed by atoms with Crippen LogP contribution in [0.2, 0.25) is 0 Å². The minimum atomic E-state index is -0.0432. The molecule has 0 fully saturated rings. The Labute approximate surface area is 77.9 Å². The Morgan fingerprint density at radius 3 is 2.92 bits per heavy atom. The van der Waals surface area contributed by atoms with Crippen molar-refractivity contribution in [1.29, 1.82) is 0 Å². The van der Waals surface area contributed by atoms with Crippen LogP contribution in [0, 0.1) is 0 Å². The van der Waals surface area contributed by atoms with Crippen LogP contribution in [-0.2, 0) is 5.54 Å².